The average Bonchev–Trinajstić information content (AvgIpc) is 2.35. The maximum absolute atomic E-state index is 12.8. The van der Waals surface area contributed by atoms with Gasteiger partial charge in [-0.1, -0.05) is 47.9 Å². The Morgan fingerprint density at radius 3 is 2.25 bits per heavy atom. The van der Waals surface area contributed by atoms with E-state index in [0.717, 1.165) is 22.3 Å². The second kappa shape index (κ2) is 5.24. The molecular weight excluding hydrogens is 244 g/mol. The first-order valence-electron chi connectivity index (χ1n) is 7.37. The third kappa shape index (κ3) is 2.40. The highest BCUT2D eigenvalue weighted by Crippen LogP contribution is 2.38. The second-order valence-electron chi connectivity index (χ2n) is 5.92. The highest BCUT2D eigenvalue weighted by molar-refractivity contribution is 6.10. The Morgan fingerprint density at radius 1 is 1.00 bits per heavy atom. The predicted molar refractivity (Wildman–Crippen MR) is 82.4 cm³/mol. The van der Waals surface area contributed by atoms with Crippen molar-refractivity contribution in [2.45, 2.75) is 39.0 Å². The van der Waals surface area contributed by atoms with E-state index in [1.807, 2.05) is 44.2 Å². The minimum atomic E-state index is 0.166. The van der Waals surface area contributed by atoms with Crippen LogP contribution in [-0.4, -0.2) is 5.78 Å². The normalized spacial score (nSPS) is 14.9. The molecule has 1 heteroatoms. The largest absolute Gasteiger partial charge is 0.289 e. The Labute approximate surface area is 120 Å². The van der Waals surface area contributed by atoms with E-state index in [0.29, 0.717) is 5.92 Å². The quantitative estimate of drug-likeness (QED) is 0.728. The Morgan fingerprint density at radius 2 is 1.65 bits per heavy atom. The van der Waals surface area contributed by atoms with Gasteiger partial charge in [-0.05, 0) is 50.3 Å². The molecule has 0 aromatic heterocycles. The van der Waals surface area contributed by atoms with Gasteiger partial charge in [0, 0.05) is 11.1 Å². The molecule has 0 radical (unpaired) electrons. The molecule has 1 nitrogen and oxygen atoms in total. The molecule has 1 aliphatic carbocycles. The molecule has 1 aliphatic rings. The summed E-state index contributed by atoms with van der Waals surface area (Å²) in [5, 5.41) is 0. The van der Waals surface area contributed by atoms with E-state index in [4.69, 9.17) is 0 Å². The standard InChI is InChI=1S/C19H20O/c1-13-10-14(2)12-16(11-13)19(20)18-9-4-3-8-17(18)15-6-5-7-15/h3-4,8-12,15H,5-7H2,1-2H3. The van der Waals surface area contributed by atoms with Gasteiger partial charge in [0.25, 0.3) is 0 Å². The van der Waals surface area contributed by atoms with Crippen molar-refractivity contribution < 1.29 is 4.79 Å². The van der Waals surface area contributed by atoms with Gasteiger partial charge < -0.3 is 0 Å². The molecule has 0 heterocycles. The Balaban J connectivity index is 2.01. The van der Waals surface area contributed by atoms with Crippen molar-refractivity contribution in [3.05, 3.63) is 70.3 Å². The summed E-state index contributed by atoms with van der Waals surface area (Å²) >= 11 is 0. The van der Waals surface area contributed by atoms with Crippen LogP contribution >= 0.6 is 0 Å². The molecule has 20 heavy (non-hydrogen) atoms. The molecule has 2 aromatic rings. The molecule has 0 unspecified atom stereocenters. The molecular formula is C19H20O. The van der Waals surface area contributed by atoms with Gasteiger partial charge in [-0.15, -0.1) is 0 Å². The van der Waals surface area contributed by atoms with Crippen LogP contribution in [0.25, 0.3) is 0 Å². The fourth-order valence-electron chi connectivity index (χ4n) is 3.04. The zero-order chi connectivity index (χ0) is 14.1. The molecule has 3 rings (SSSR count). The molecule has 0 saturated heterocycles. The lowest BCUT2D eigenvalue weighted by Gasteiger charge is -2.27. The van der Waals surface area contributed by atoms with Crippen LogP contribution in [-0.2, 0) is 0 Å². The van der Waals surface area contributed by atoms with Gasteiger partial charge in [0.2, 0.25) is 0 Å². The number of carbonyl (C=O) groups is 1. The number of carbonyl (C=O) groups excluding carboxylic acids is 1. The number of hydrogen-bond acceptors (Lipinski definition) is 1. The fraction of sp³-hybridized carbons (Fsp3) is 0.316. The zero-order valence-corrected chi connectivity index (χ0v) is 12.1. The van der Waals surface area contributed by atoms with Gasteiger partial charge in [0.15, 0.2) is 5.78 Å². The molecule has 1 fully saturated rings. The van der Waals surface area contributed by atoms with Crippen LogP contribution in [0.3, 0.4) is 0 Å². The average molecular weight is 264 g/mol. The first-order chi connectivity index (χ1) is 9.65. The third-order valence-electron chi connectivity index (χ3n) is 4.23. The summed E-state index contributed by atoms with van der Waals surface area (Å²) < 4.78 is 0. The molecule has 1 saturated carbocycles. The van der Waals surface area contributed by atoms with Gasteiger partial charge in [-0.3, -0.25) is 4.79 Å². The van der Waals surface area contributed by atoms with Crippen LogP contribution in [0.5, 0.6) is 0 Å². The van der Waals surface area contributed by atoms with Crippen molar-refractivity contribution in [2.24, 2.45) is 0 Å². The lowest BCUT2D eigenvalue weighted by Crippen LogP contribution is -2.14. The zero-order valence-electron chi connectivity index (χ0n) is 12.1. The van der Waals surface area contributed by atoms with Crippen LogP contribution in [0, 0.1) is 13.8 Å². The van der Waals surface area contributed by atoms with E-state index in [-0.39, 0.29) is 5.78 Å². The van der Waals surface area contributed by atoms with Gasteiger partial charge in [-0.25, -0.2) is 0 Å². The van der Waals surface area contributed by atoms with Gasteiger partial charge in [0.1, 0.15) is 0 Å². The molecule has 0 amide bonds. The predicted octanol–water partition coefficient (Wildman–Crippen LogP) is 4.80. The van der Waals surface area contributed by atoms with Crippen molar-refractivity contribution in [3.63, 3.8) is 0 Å². The first kappa shape index (κ1) is 13.1. The van der Waals surface area contributed by atoms with E-state index >= 15 is 0 Å². The minimum absolute atomic E-state index is 0.166. The van der Waals surface area contributed by atoms with Crippen LogP contribution in [0.15, 0.2) is 42.5 Å². The lowest BCUT2D eigenvalue weighted by molar-refractivity contribution is 0.103. The van der Waals surface area contributed by atoms with Crippen LogP contribution in [0.2, 0.25) is 0 Å². The summed E-state index contributed by atoms with van der Waals surface area (Å²) in [4.78, 5) is 12.8. The highest BCUT2D eigenvalue weighted by Gasteiger charge is 2.24. The lowest BCUT2D eigenvalue weighted by atomic mass is 9.77. The van der Waals surface area contributed by atoms with Crippen molar-refractivity contribution >= 4 is 5.78 Å². The molecule has 0 atom stereocenters. The van der Waals surface area contributed by atoms with Crippen molar-refractivity contribution in [2.75, 3.05) is 0 Å². The maximum Gasteiger partial charge on any atom is 0.193 e. The second-order valence-corrected chi connectivity index (χ2v) is 5.92. The summed E-state index contributed by atoms with van der Waals surface area (Å²) in [5.41, 5.74) is 5.24. The SMILES string of the molecule is Cc1cc(C)cc(C(=O)c2ccccc2C2CCC2)c1. The summed E-state index contributed by atoms with van der Waals surface area (Å²) in [6, 6.07) is 14.2. The van der Waals surface area contributed by atoms with Gasteiger partial charge >= 0.3 is 0 Å². The third-order valence-corrected chi connectivity index (χ3v) is 4.23. The number of hydrogen-bond donors (Lipinski definition) is 0. The number of rotatable bonds is 3. The topological polar surface area (TPSA) is 17.1 Å². The van der Waals surface area contributed by atoms with Gasteiger partial charge in [0.05, 0.1) is 0 Å². The summed E-state index contributed by atoms with van der Waals surface area (Å²) in [6.45, 7) is 4.09. The molecule has 0 spiro atoms. The monoisotopic (exact) mass is 264 g/mol. The van der Waals surface area contributed by atoms with E-state index in [1.165, 1.54) is 24.8 Å². The van der Waals surface area contributed by atoms with E-state index in [2.05, 4.69) is 12.1 Å². The highest BCUT2D eigenvalue weighted by atomic mass is 16.1. The van der Waals surface area contributed by atoms with Crippen molar-refractivity contribution in [1.82, 2.24) is 0 Å². The number of aryl methyl sites for hydroxylation is 2. The summed E-state index contributed by atoms with van der Waals surface area (Å²) in [5.74, 6) is 0.750. The smallest absolute Gasteiger partial charge is 0.193 e. The molecule has 0 bridgehead atoms. The van der Waals surface area contributed by atoms with E-state index in [1.54, 1.807) is 0 Å². The van der Waals surface area contributed by atoms with E-state index < -0.39 is 0 Å². The Kier molecular flexibility index (Phi) is 3.43. The summed E-state index contributed by atoms with van der Waals surface area (Å²) in [6.07, 6.45) is 3.73. The maximum atomic E-state index is 12.8. The van der Waals surface area contributed by atoms with Crippen LogP contribution in [0.1, 0.15) is 57.8 Å². The molecule has 0 aliphatic heterocycles. The summed E-state index contributed by atoms with van der Waals surface area (Å²) in [7, 11) is 0. The fourth-order valence-corrected chi connectivity index (χ4v) is 3.04. The Bertz CT molecular complexity index is 630. The number of benzene rings is 2. The number of ketones is 1. The molecule has 102 valence electrons. The van der Waals surface area contributed by atoms with E-state index in [9.17, 15) is 4.79 Å². The minimum Gasteiger partial charge on any atom is -0.289 e. The van der Waals surface area contributed by atoms with Gasteiger partial charge in [-0.2, -0.15) is 0 Å². The van der Waals surface area contributed by atoms with Crippen LogP contribution in [0.4, 0.5) is 0 Å². The Hall–Kier alpha value is -1.89. The molecule has 2 aromatic carbocycles. The first-order valence-corrected chi connectivity index (χ1v) is 7.37. The van der Waals surface area contributed by atoms with Crippen molar-refractivity contribution in [3.8, 4) is 0 Å². The van der Waals surface area contributed by atoms with Crippen molar-refractivity contribution in [1.29, 1.82) is 0 Å². The van der Waals surface area contributed by atoms with Crippen LogP contribution < -0.4 is 0 Å². The molecule has 0 N–H and O–H groups in total.